The van der Waals surface area contributed by atoms with Crippen molar-refractivity contribution in [2.45, 2.75) is 0 Å². The number of carbonyl (C=O) groups is 2. The predicted molar refractivity (Wildman–Crippen MR) is 66.6 cm³/mol. The molecule has 9 heteroatoms. The fraction of sp³-hybridized carbons (Fsp3) is 0. The molecule has 0 bridgehead atoms. The van der Waals surface area contributed by atoms with Gasteiger partial charge in [-0.3, -0.25) is 19.9 Å². The van der Waals surface area contributed by atoms with Gasteiger partial charge in [-0.05, 0) is 6.07 Å². The van der Waals surface area contributed by atoms with E-state index >= 15 is 0 Å². The number of H-pyrrole nitrogens is 1. The zero-order valence-corrected chi connectivity index (χ0v) is 9.86. The van der Waals surface area contributed by atoms with Crippen molar-refractivity contribution < 1.29 is 19.6 Å². The van der Waals surface area contributed by atoms with Crippen LogP contribution in [0.2, 0.25) is 0 Å². The number of carbonyl (C=O) groups excluding carboxylic acids is 1. The highest BCUT2D eigenvalue weighted by molar-refractivity contribution is 6.03. The molecule has 2 rings (SSSR count). The first kappa shape index (κ1) is 13.2. The summed E-state index contributed by atoms with van der Waals surface area (Å²) in [6.07, 6.45) is 3.49. The lowest BCUT2D eigenvalue weighted by Crippen LogP contribution is -2.13. The second-order valence-corrected chi connectivity index (χ2v) is 3.75. The van der Waals surface area contributed by atoms with Gasteiger partial charge in [0.05, 0.1) is 28.6 Å². The summed E-state index contributed by atoms with van der Waals surface area (Å²) < 4.78 is 0. The third-order valence-corrected chi connectivity index (χ3v) is 2.37. The van der Waals surface area contributed by atoms with E-state index in [1.807, 2.05) is 0 Å². The minimum absolute atomic E-state index is 0.0163. The molecule has 0 aliphatic rings. The highest BCUT2D eigenvalue weighted by Gasteiger charge is 2.15. The zero-order valence-electron chi connectivity index (χ0n) is 9.86. The van der Waals surface area contributed by atoms with Crippen molar-refractivity contribution in [3.63, 3.8) is 0 Å². The van der Waals surface area contributed by atoms with Gasteiger partial charge in [-0.1, -0.05) is 0 Å². The smallest absolute Gasteiger partial charge is 0.337 e. The molecule has 0 radical (unpaired) electrons. The van der Waals surface area contributed by atoms with E-state index in [4.69, 9.17) is 5.11 Å². The number of hydrogen-bond acceptors (Lipinski definition) is 5. The fourth-order valence-electron chi connectivity index (χ4n) is 1.44. The predicted octanol–water partition coefficient (Wildman–Crippen LogP) is 1.27. The molecule has 9 nitrogen and oxygen atoms in total. The monoisotopic (exact) mass is 276 g/mol. The van der Waals surface area contributed by atoms with Crippen molar-refractivity contribution in [1.29, 1.82) is 0 Å². The Morgan fingerprint density at radius 3 is 2.70 bits per heavy atom. The largest absolute Gasteiger partial charge is 0.478 e. The number of rotatable bonds is 4. The number of nitro groups is 1. The van der Waals surface area contributed by atoms with Gasteiger partial charge in [0.25, 0.3) is 11.6 Å². The average molecular weight is 276 g/mol. The lowest BCUT2D eigenvalue weighted by molar-refractivity contribution is -0.384. The van der Waals surface area contributed by atoms with Crippen LogP contribution in [0.5, 0.6) is 0 Å². The fourth-order valence-corrected chi connectivity index (χ4v) is 1.44. The van der Waals surface area contributed by atoms with Gasteiger partial charge < -0.3 is 15.4 Å². The van der Waals surface area contributed by atoms with Crippen LogP contribution in [-0.2, 0) is 0 Å². The number of nitrogens with zero attached hydrogens (tertiary/aromatic N) is 2. The van der Waals surface area contributed by atoms with Crippen molar-refractivity contribution in [2.24, 2.45) is 0 Å². The number of aromatic nitrogens is 2. The molecule has 0 unspecified atom stereocenters. The second-order valence-electron chi connectivity index (χ2n) is 3.75. The van der Waals surface area contributed by atoms with Gasteiger partial charge in [0.1, 0.15) is 5.69 Å². The number of nitrogens with one attached hydrogen (secondary N) is 2. The summed E-state index contributed by atoms with van der Waals surface area (Å²) in [5.41, 5.74) is -0.169. The first-order chi connectivity index (χ1) is 9.47. The van der Waals surface area contributed by atoms with Crippen LogP contribution in [0.4, 0.5) is 11.4 Å². The summed E-state index contributed by atoms with van der Waals surface area (Å²) in [6, 6.07) is 2.30. The molecule has 1 amide bonds. The number of hydrogen-bond donors (Lipinski definition) is 3. The molecule has 0 aliphatic carbocycles. The van der Waals surface area contributed by atoms with Gasteiger partial charge in [-0.25, -0.2) is 4.79 Å². The number of amides is 1. The summed E-state index contributed by atoms with van der Waals surface area (Å²) in [6.45, 7) is 0. The van der Waals surface area contributed by atoms with E-state index in [1.54, 1.807) is 0 Å². The minimum atomic E-state index is -1.18. The standard InChI is InChI=1S/C11H8N4O5/c16-10(9-2-8(5-13-9)15(19)20)14-7-1-6(11(17)18)3-12-4-7/h1-5,13H,(H,14,16)(H,17,18). The molecule has 0 spiro atoms. The highest BCUT2D eigenvalue weighted by Crippen LogP contribution is 2.14. The zero-order chi connectivity index (χ0) is 14.7. The van der Waals surface area contributed by atoms with Crippen molar-refractivity contribution in [1.82, 2.24) is 9.97 Å². The van der Waals surface area contributed by atoms with Gasteiger partial charge in [0.15, 0.2) is 0 Å². The molecule has 2 aromatic rings. The van der Waals surface area contributed by atoms with Crippen LogP contribution in [0.15, 0.2) is 30.7 Å². The van der Waals surface area contributed by atoms with Crippen molar-refractivity contribution in [2.75, 3.05) is 5.32 Å². The molecule has 0 aliphatic heterocycles. The Morgan fingerprint density at radius 1 is 1.35 bits per heavy atom. The summed E-state index contributed by atoms with van der Waals surface area (Å²) in [7, 11) is 0. The molecule has 102 valence electrons. The third-order valence-electron chi connectivity index (χ3n) is 2.37. The Balaban J connectivity index is 2.16. The van der Waals surface area contributed by atoms with Gasteiger partial charge in [0, 0.05) is 12.3 Å². The summed E-state index contributed by atoms with van der Waals surface area (Å²) >= 11 is 0. The average Bonchev–Trinajstić information content (AvgIpc) is 2.88. The molecule has 0 aromatic carbocycles. The summed E-state index contributed by atoms with van der Waals surface area (Å²) in [4.78, 5) is 38.5. The topological polar surface area (TPSA) is 138 Å². The Labute approximate surface area is 111 Å². The van der Waals surface area contributed by atoms with Crippen LogP contribution in [0, 0.1) is 10.1 Å². The maximum absolute atomic E-state index is 11.8. The Hall–Kier alpha value is -3.23. The normalized spacial score (nSPS) is 10.0. The van der Waals surface area contributed by atoms with E-state index in [2.05, 4.69) is 15.3 Å². The first-order valence-corrected chi connectivity index (χ1v) is 5.30. The third kappa shape index (κ3) is 2.77. The lowest BCUT2D eigenvalue weighted by Gasteiger charge is -2.03. The van der Waals surface area contributed by atoms with E-state index in [-0.39, 0.29) is 22.6 Å². The van der Waals surface area contributed by atoms with Gasteiger partial charge in [-0.15, -0.1) is 0 Å². The molecule has 2 heterocycles. The molecule has 0 fully saturated rings. The maximum Gasteiger partial charge on any atom is 0.337 e. The molecular weight excluding hydrogens is 268 g/mol. The van der Waals surface area contributed by atoms with E-state index in [0.29, 0.717) is 0 Å². The SMILES string of the molecule is O=C(O)c1cncc(NC(=O)c2cc([N+](=O)[O-])c[nH]2)c1. The molecule has 0 saturated carbocycles. The lowest BCUT2D eigenvalue weighted by atomic mass is 10.2. The van der Waals surface area contributed by atoms with Crippen LogP contribution < -0.4 is 5.32 Å². The second kappa shape index (κ2) is 5.18. The van der Waals surface area contributed by atoms with Gasteiger partial charge in [-0.2, -0.15) is 0 Å². The number of carboxylic acids is 1. The van der Waals surface area contributed by atoms with Crippen LogP contribution in [0.1, 0.15) is 20.8 Å². The molecule has 20 heavy (non-hydrogen) atoms. The van der Waals surface area contributed by atoms with Crippen molar-refractivity contribution in [3.8, 4) is 0 Å². The quantitative estimate of drug-likeness (QED) is 0.567. The van der Waals surface area contributed by atoms with Crippen LogP contribution in [0.25, 0.3) is 0 Å². The number of pyridine rings is 1. The molecule has 3 N–H and O–H groups in total. The van der Waals surface area contributed by atoms with Crippen LogP contribution in [0.3, 0.4) is 0 Å². The number of aromatic amines is 1. The summed E-state index contributed by atoms with van der Waals surface area (Å²) in [5, 5.41) is 21.7. The Kier molecular flexibility index (Phi) is 3.42. The highest BCUT2D eigenvalue weighted by atomic mass is 16.6. The van der Waals surface area contributed by atoms with Crippen LogP contribution >= 0.6 is 0 Å². The van der Waals surface area contributed by atoms with Crippen LogP contribution in [-0.4, -0.2) is 31.9 Å². The minimum Gasteiger partial charge on any atom is -0.478 e. The van der Waals surface area contributed by atoms with E-state index in [0.717, 1.165) is 18.5 Å². The molecule has 2 aromatic heterocycles. The first-order valence-electron chi connectivity index (χ1n) is 5.30. The Morgan fingerprint density at radius 2 is 2.10 bits per heavy atom. The van der Waals surface area contributed by atoms with Crippen molar-refractivity contribution in [3.05, 3.63) is 52.1 Å². The summed E-state index contributed by atoms with van der Waals surface area (Å²) in [5.74, 6) is -1.81. The molecule has 0 saturated heterocycles. The van der Waals surface area contributed by atoms with E-state index in [9.17, 15) is 19.7 Å². The maximum atomic E-state index is 11.8. The van der Waals surface area contributed by atoms with Crippen molar-refractivity contribution >= 4 is 23.3 Å². The van der Waals surface area contributed by atoms with E-state index < -0.39 is 16.8 Å². The van der Waals surface area contributed by atoms with Gasteiger partial charge in [0.2, 0.25) is 0 Å². The molecule has 0 atom stereocenters. The number of aromatic carboxylic acids is 1. The number of carboxylic acid groups (broad SMARTS) is 1. The van der Waals surface area contributed by atoms with E-state index in [1.165, 1.54) is 12.3 Å². The molecular formula is C11H8N4O5. The van der Waals surface area contributed by atoms with Gasteiger partial charge >= 0.3 is 5.97 Å². The Bertz CT molecular complexity index is 694. The number of anilines is 1.